The van der Waals surface area contributed by atoms with Crippen LogP contribution in [-0.4, -0.2) is 28.2 Å². The Balaban J connectivity index is 2.67. The molecule has 0 aliphatic carbocycles. The summed E-state index contributed by atoms with van der Waals surface area (Å²) in [5.41, 5.74) is 0.452. The molecule has 1 aromatic rings. The van der Waals surface area contributed by atoms with Crippen LogP contribution in [0.4, 0.5) is 0 Å². The molecule has 1 rings (SSSR count). The van der Waals surface area contributed by atoms with E-state index in [4.69, 9.17) is 0 Å². The molecule has 0 aliphatic rings. The summed E-state index contributed by atoms with van der Waals surface area (Å²) >= 11 is 0. The zero-order valence-corrected chi connectivity index (χ0v) is 12.6. The molecule has 0 fully saturated rings. The molecule has 20 heavy (non-hydrogen) atoms. The number of nitrogens with zero attached hydrogens (tertiary/aromatic N) is 1. The summed E-state index contributed by atoms with van der Waals surface area (Å²) in [6, 6.07) is 3.17. The van der Waals surface area contributed by atoms with Gasteiger partial charge in [0.05, 0.1) is 12.6 Å². The van der Waals surface area contributed by atoms with Crippen molar-refractivity contribution in [3.8, 4) is 0 Å². The first-order valence-corrected chi connectivity index (χ1v) is 6.79. The SMILES string of the molecule is Cc1cccn(CC(=O)NC(CO)CC(C)(C)C)c1=O. The topological polar surface area (TPSA) is 71.3 Å². The van der Waals surface area contributed by atoms with Crippen LogP contribution >= 0.6 is 0 Å². The molecule has 0 saturated carbocycles. The lowest BCUT2D eigenvalue weighted by molar-refractivity contribution is -0.122. The van der Waals surface area contributed by atoms with Gasteiger partial charge in [0, 0.05) is 11.8 Å². The minimum absolute atomic E-state index is 0.0147. The molecule has 1 aromatic heterocycles. The van der Waals surface area contributed by atoms with Crippen LogP contribution in [0.5, 0.6) is 0 Å². The van der Waals surface area contributed by atoms with E-state index in [-0.39, 0.29) is 36.1 Å². The fraction of sp³-hybridized carbons (Fsp3) is 0.600. The molecule has 1 unspecified atom stereocenters. The van der Waals surface area contributed by atoms with Crippen LogP contribution in [-0.2, 0) is 11.3 Å². The Kier molecular flexibility index (Phi) is 5.51. The van der Waals surface area contributed by atoms with Gasteiger partial charge in [0.2, 0.25) is 5.91 Å². The van der Waals surface area contributed by atoms with Gasteiger partial charge in [0.25, 0.3) is 5.56 Å². The number of nitrogens with one attached hydrogen (secondary N) is 1. The van der Waals surface area contributed by atoms with Gasteiger partial charge < -0.3 is 15.0 Å². The number of amides is 1. The third-order valence-electron chi connectivity index (χ3n) is 2.97. The summed E-state index contributed by atoms with van der Waals surface area (Å²) in [5.74, 6) is -0.263. The summed E-state index contributed by atoms with van der Waals surface area (Å²) in [6.45, 7) is 7.73. The van der Waals surface area contributed by atoms with E-state index in [9.17, 15) is 14.7 Å². The van der Waals surface area contributed by atoms with Crippen LogP contribution < -0.4 is 10.9 Å². The van der Waals surface area contributed by atoms with Gasteiger partial charge in [-0.15, -0.1) is 0 Å². The molecule has 2 N–H and O–H groups in total. The monoisotopic (exact) mass is 280 g/mol. The first kappa shape index (κ1) is 16.4. The number of aryl methyl sites for hydroxylation is 1. The van der Waals surface area contributed by atoms with E-state index in [2.05, 4.69) is 5.32 Å². The van der Waals surface area contributed by atoms with E-state index < -0.39 is 0 Å². The van der Waals surface area contributed by atoms with E-state index in [1.165, 1.54) is 4.57 Å². The van der Waals surface area contributed by atoms with Gasteiger partial charge in [-0.05, 0) is 24.8 Å². The Morgan fingerprint density at radius 2 is 2.10 bits per heavy atom. The van der Waals surface area contributed by atoms with Gasteiger partial charge in [-0.1, -0.05) is 26.8 Å². The number of rotatable bonds is 5. The molecule has 0 saturated heterocycles. The molecule has 1 atom stereocenters. The third kappa shape index (κ3) is 5.17. The van der Waals surface area contributed by atoms with Crippen LogP contribution in [0.25, 0.3) is 0 Å². The largest absolute Gasteiger partial charge is 0.394 e. The predicted octanol–water partition coefficient (Wildman–Crippen LogP) is 1.07. The first-order valence-electron chi connectivity index (χ1n) is 6.79. The van der Waals surface area contributed by atoms with E-state index in [1.807, 2.05) is 20.8 Å². The summed E-state index contributed by atoms with van der Waals surface area (Å²) < 4.78 is 1.37. The molecule has 0 aromatic carbocycles. The summed E-state index contributed by atoms with van der Waals surface area (Å²) in [5, 5.41) is 12.1. The number of pyridine rings is 1. The maximum Gasteiger partial charge on any atom is 0.253 e. The number of hydrogen-bond acceptors (Lipinski definition) is 3. The Morgan fingerprint density at radius 3 is 2.65 bits per heavy atom. The van der Waals surface area contributed by atoms with E-state index in [1.54, 1.807) is 25.3 Å². The number of hydrogen-bond donors (Lipinski definition) is 2. The highest BCUT2D eigenvalue weighted by Crippen LogP contribution is 2.20. The van der Waals surface area contributed by atoms with E-state index >= 15 is 0 Å². The Morgan fingerprint density at radius 1 is 1.45 bits per heavy atom. The van der Waals surface area contributed by atoms with Gasteiger partial charge in [-0.3, -0.25) is 9.59 Å². The van der Waals surface area contributed by atoms with Gasteiger partial charge in [0.1, 0.15) is 6.54 Å². The number of aliphatic hydroxyl groups is 1. The second-order valence-corrected chi connectivity index (χ2v) is 6.34. The highest BCUT2D eigenvalue weighted by atomic mass is 16.3. The zero-order chi connectivity index (χ0) is 15.3. The van der Waals surface area contributed by atoms with Crippen LogP contribution in [0.15, 0.2) is 23.1 Å². The van der Waals surface area contributed by atoms with Crippen molar-refractivity contribution >= 4 is 5.91 Å². The number of aromatic nitrogens is 1. The molecule has 0 radical (unpaired) electrons. The fourth-order valence-electron chi connectivity index (χ4n) is 2.11. The fourth-order valence-corrected chi connectivity index (χ4v) is 2.11. The summed E-state index contributed by atoms with van der Waals surface area (Å²) in [7, 11) is 0. The Hall–Kier alpha value is -1.62. The third-order valence-corrected chi connectivity index (χ3v) is 2.97. The molecule has 5 heteroatoms. The normalized spacial score (nSPS) is 13.1. The highest BCUT2D eigenvalue weighted by molar-refractivity contribution is 5.76. The average molecular weight is 280 g/mol. The minimum Gasteiger partial charge on any atom is -0.394 e. The van der Waals surface area contributed by atoms with Crippen molar-refractivity contribution in [2.24, 2.45) is 5.41 Å². The van der Waals surface area contributed by atoms with Crippen molar-refractivity contribution in [3.05, 3.63) is 34.2 Å². The van der Waals surface area contributed by atoms with Crippen molar-refractivity contribution < 1.29 is 9.90 Å². The molecular weight excluding hydrogens is 256 g/mol. The van der Waals surface area contributed by atoms with Crippen LogP contribution in [0.1, 0.15) is 32.8 Å². The number of carbonyl (C=O) groups is 1. The standard InChI is InChI=1S/C15H24N2O3/c1-11-6-5-7-17(14(11)20)9-13(19)16-12(10-18)8-15(2,3)4/h5-7,12,18H,8-10H2,1-4H3,(H,16,19). The van der Waals surface area contributed by atoms with Crippen molar-refractivity contribution in [1.82, 2.24) is 9.88 Å². The van der Waals surface area contributed by atoms with Crippen molar-refractivity contribution in [3.63, 3.8) is 0 Å². The molecule has 0 bridgehead atoms. The number of aliphatic hydroxyl groups excluding tert-OH is 1. The lowest BCUT2D eigenvalue weighted by Gasteiger charge is -2.25. The summed E-state index contributed by atoms with van der Waals surface area (Å²) in [4.78, 5) is 23.8. The van der Waals surface area contributed by atoms with Gasteiger partial charge in [0.15, 0.2) is 0 Å². The van der Waals surface area contributed by atoms with Crippen LogP contribution in [0.2, 0.25) is 0 Å². The maximum atomic E-state index is 11.9. The summed E-state index contributed by atoms with van der Waals surface area (Å²) in [6.07, 6.45) is 2.27. The Bertz CT molecular complexity index is 515. The van der Waals surface area contributed by atoms with Crippen LogP contribution in [0.3, 0.4) is 0 Å². The van der Waals surface area contributed by atoms with Crippen molar-refractivity contribution in [2.45, 2.75) is 46.7 Å². The molecular formula is C15H24N2O3. The predicted molar refractivity (Wildman–Crippen MR) is 78.5 cm³/mol. The molecule has 112 valence electrons. The second-order valence-electron chi connectivity index (χ2n) is 6.34. The zero-order valence-electron chi connectivity index (χ0n) is 12.6. The first-order chi connectivity index (χ1) is 9.23. The smallest absolute Gasteiger partial charge is 0.253 e. The van der Waals surface area contributed by atoms with Crippen molar-refractivity contribution in [2.75, 3.05) is 6.61 Å². The average Bonchev–Trinajstić information content (AvgIpc) is 2.32. The second kappa shape index (κ2) is 6.70. The van der Waals surface area contributed by atoms with Crippen LogP contribution in [0, 0.1) is 12.3 Å². The maximum absolute atomic E-state index is 11.9. The molecule has 1 amide bonds. The van der Waals surface area contributed by atoms with E-state index in [0.717, 1.165) is 0 Å². The van der Waals surface area contributed by atoms with Gasteiger partial charge >= 0.3 is 0 Å². The minimum atomic E-state index is -0.289. The Labute approximate surface area is 119 Å². The highest BCUT2D eigenvalue weighted by Gasteiger charge is 2.20. The lowest BCUT2D eigenvalue weighted by Crippen LogP contribution is -2.42. The molecule has 5 nitrogen and oxygen atoms in total. The van der Waals surface area contributed by atoms with E-state index in [0.29, 0.717) is 12.0 Å². The van der Waals surface area contributed by atoms with Crippen molar-refractivity contribution in [1.29, 1.82) is 0 Å². The molecule has 0 spiro atoms. The quantitative estimate of drug-likeness (QED) is 0.847. The number of carbonyl (C=O) groups excluding carboxylic acids is 1. The van der Waals surface area contributed by atoms with Gasteiger partial charge in [-0.2, -0.15) is 0 Å². The molecule has 0 aliphatic heterocycles. The molecule has 1 heterocycles. The van der Waals surface area contributed by atoms with Gasteiger partial charge in [-0.25, -0.2) is 0 Å². The lowest BCUT2D eigenvalue weighted by atomic mass is 9.88.